The van der Waals surface area contributed by atoms with E-state index >= 15 is 0 Å². The van der Waals surface area contributed by atoms with Gasteiger partial charge in [0.2, 0.25) is 11.1 Å². The van der Waals surface area contributed by atoms with Gasteiger partial charge >= 0.3 is 0 Å². The number of benzene rings is 1. The van der Waals surface area contributed by atoms with Gasteiger partial charge < -0.3 is 10.8 Å². The molecular weight excluding hydrogens is 314 g/mol. The van der Waals surface area contributed by atoms with Crippen molar-refractivity contribution in [3.05, 3.63) is 40.4 Å². The standard InChI is InChI=1S/C14H17N7OS/c1-8-12(9(2)19-20-13(15)16)23-14(18-8)21-17-7-10-3-5-11(22)6-4-10/h3-7,22H,1-2H3,(H,18,21)(H4,15,16,20). The molecule has 2 rings (SSSR count). The quantitative estimate of drug-likeness (QED) is 0.324. The van der Waals surface area contributed by atoms with Crippen LogP contribution in [0.5, 0.6) is 5.75 Å². The van der Waals surface area contributed by atoms with Crippen LogP contribution in [0.2, 0.25) is 0 Å². The fourth-order valence-corrected chi connectivity index (χ4v) is 2.56. The van der Waals surface area contributed by atoms with Crippen LogP contribution in [0.3, 0.4) is 0 Å². The third-order valence-corrected chi connectivity index (χ3v) is 3.91. The molecule has 2 aromatic rings. The highest BCUT2D eigenvalue weighted by molar-refractivity contribution is 7.17. The minimum Gasteiger partial charge on any atom is -0.508 e. The number of thiazole rings is 1. The number of hydrogen-bond acceptors (Lipinski definition) is 7. The molecule has 0 aliphatic rings. The Morgan fingerprint density at radius 3 is 2.74 bits per heavy atom. The largest absolute Gasteiger partial charge is 0.508 e. The van der Waals surface area contributed by atoms with Crippen LogP contribution < -0.4 is 16.6 Å². The molecule has 120 valence electrons. The number of phenolic OH excluding ortho intramolecular Hbond substituents is 1. The van der Waals surface area contributed by atoms with Crippen molar-refractivity contribution in [2.75, 3.05) is 5.43 Å². The number of nitrogens with one attached hydrogen (secondary N) is 3. The molecule has 0 aliphatic heterocycles. The topological polar surface area (TPSA) is 132 Å². The lowest BCUT2D eigenvalue weighted by Crippen LogP contribution is -2.26. The molecule has 9 heteroatoms. The molecule has 0 spiro atoms. The third-order valence-electron chi connectivity index (χ3n) is 2.74. The lowest BCUT2D eigenvalue weighted by atomic mass is 10.2. The first-order valence-electron chi connectivity index (χ1n) is 6.66. The Bertz CT molecular complexity index is 749. The first kappa shape index (κ1) is 16.4. The number of phenols is 1. The van der Waals surface area contributed by atoms with Gasteiger partial charge in [-0.25, -0.2) is 10.4 Å². The Balaban J connectivity index is 2.04. The molecule has 6 N–H and O–H groups in total. The van der Waals surface area contributed by atoms with E-state index in [9.17, 15) is 5.11 Å². The molecule has 0 amide bonds. The summed E-state index contributed by atoms with van der Waals surface area (Å²) in [4.78, 5) is 5.24. The van der Waals surface area contributed by atoms with Gasteiger partial charge in [0.15, 0.2) is 0 Å². The third kappa shape index (κ3) is 4.78. The molecule has 0 saturated carbocycles. The van der Waals surface area contributed by atoms with Gasteiger partial charge in [0, 0.05) is 0 Å². The molecule has 8 nitrogen and oxygen atoms in total. The predicted molar refractivity (Wildman–Crippen MR) is 93.4 cm³/mol. The lowest BCUT2D eigenvalue weighted by molar-refractivity contribution is 0.475. The average Bonchev–Trinajstić information content (AvgIpc) is 2.88. The molecule has 1 aromatic heterocycles. The molecule has 1 heterocycles. The van der Waals surface area contributed by atoms with Crippen LogP contribution in [0.25, 0.3) is 0 Å². The van der Waals surface area contributed by atoms with Crippen molar-refractivity contribution < 1.29 is 5.11 Å². The summed E-state index contributed by atoms with van der Waals surface area (Å²) >= 11 is 1.40. The summed E-state index contributed by atoms with van der Waals surface area (Å²) < 4.78 is 0. The van der Waals surface area contributed by atoms with Crippen molar-refractivity contribution in [1.82, 2.24) is 10.4 Å². The van der Waals surface area contributed by atoms with Gasteiger partial charge in [-0.15, -0.1) is 0 Å². The van der Waals surface area contributed by atoms with Gasteiger partial charge in [0.05, 0.1) is 22.5 Å². The van der Waals surface area contributed by atoms with E-state index in [4.69, 9.17) is 11.1 Å². The summed E-state index contributed by atoms with van der Waals surface area (Å²) in [5.74, 6) is -0.00685. The van der Waals surface area contributed by atoms with E-state index in [1.54, 1.807) is 37.4 Å². The molecule has 0 saturated heterocycles. The molecule has 0 fully saturated rings. The Morgan fingerprint density at radius 2 is 2.09 bits per heavy atom. The van der Waals surface area contributed by atoms with Crippen LogP contribution in [0, 0.1) is 12.3 Å². The zero-order valence-electron chi connectivity index (χ0n) is 12.7. The highest BCUT2D eigenvalue weighted by Gasteiger charge is 2.10. The summed E-state index contributed by atoms with van der Waals surface area (Å²) in [6.45, 7) is 3.67. The van der Waals surface area contributed by atoms with Gasteiger partial charge in [-0.3, -0.25) is 10.8 Å². The number of nitrogens with two attached hydrogens (primary N) is 1. The monoisotopic (exact) mass is 331 g/mol. The number of hydrazone groups is 2. The molecule has 0 radical (unpaired) electrons. The van der Waals surface area contributed by atoms with Gasteiger partial charge in [-0.1, -0.05) is 11.3 Å². The van der Waals surface area contributed by atoms with Gasteiger partial charge in [-0.05, 0) is 43.7 Å². The van der Waals surface area contributed by atoms with Crippen LogP contribution in [0.4, 0.5) is 5.13 Å². The van der Waals surface area contributed by atoms with Crippen LogP contribution in [0.1, 0.15) is 23.1 Å². The number of anilines is 1. The molecule has 0 aliphatic carbocycles. The van der Waals surface area contributed by atoms with E-state index in [1.165, 1.54) is 11.3 Å². The number of rotatable bonds is 5. The molecule has 23 heavy (non-hydrogen) atoms. The highest BCUT2D eigenvalue weighted by Crippen LogP contribution is 2.23. The normalized spacial score (nSPS) is 11.7. The average molecular weight is 331 g/mol. The Hall–Kier alpha value is -2.94. The predicted octanol–water partition coefficient (Wildman–Crippen LogP) is 1.81. The zero-order valence-corrected chi connectivity index (χ0v) is 13.5. The van der Waals surface area contributed by atoms with E-state index in [2.05, 4.69) is 26.0 Å². The summed E-state index contributed by atoms with van der Waals surface area (Å²) in [6, 6.07) is 6.69. The van der Waals surface area contributed by atoms with Crippen LogP contribution >= 0.6 is 11.3 Å². The second-order valence-electron chi connectivity index (χ2n) is 4.62. The van der Waals surface area contributed by atoms with E-state index in [-0.39, 0.29) is 11.7 Å². The van der Waals surface area contributed by atoms with Crippen molar-refractivity contribution in [2.45, 2.75) is 13.8 Å². The van der Waals surface area contributed by atoms with E-state index in [1.807, 2.05) is 6.92 Å². The molecule has 0 bridgehead atoms. The van der Waals surface area contributed by atoms with Crippen molar-refractivity contribution in [2.24, 2.45) is 15.9 Å². The summed E-state index contributed by atoms with van der Waals surface area (Å²) in [5, 5.41) is 25.1. The minimum absolute atomic E-state index is 0.212. The van der Waals surface area contributed by atoms with Crippen molar-refractivity contribution in [3.8, 4) is 5.75 Å². The molecule has 0 atom stereocenters. The Morgan fingerprint density at radius 1 is 1.39 bits per heavy atom. The first-order valence-corrected chi connectivity index (χ1v) is 7.47. The summed E-state index contributed by atoms with van der Waals surface area (Å²) in [6.07, 6.45) is 1.63. The molecule has 0 unspecified atom stereocenters. The second kappa shape index (κ2) is 7.36. The number of aromatic hydroxyl groups is 1. The van der Waals surface area contributed by atoms with E-state index < -0.39 is 0 Å². The SMILES string of the molecule is CC(=NNC(=N)N)c1sc(NN=Cc2ccc(O)cc2)nc1C. The van der Waals surface area contributed by atoms with Gasteiger partial charge in [0.25, 0.3) is 0 Å². The number of hydrogen-bond donors (Lipinski definition) is 5. The van der Waals surface area contributed by atoms with E-state index in [0.29, 0.717) is 10.8 Å². The van der Waals surface area contributed by atoms with Crippen molar-refractivity contribution in [1.29, 1.82) is 5.41 Å². The number of aryl methyl sites for hydroxylation is 1. The lowest BCUT2D eigenvalue weighted by Gasteiger charge is -1.98. The van der Waals surface area contributed by atoms with E-state index in [0.717, 1.165) is 16.1 Å². The number of aromatic nitrogens is 1. The number of guanidine groups is 1. The zero-order chi connectivity index (χ0) is 16.8. The van der Waals surface area contributed by atoms with Crippen LogP contribution in [0.15, 0.2) is 34.5 Å². The number of nitrogens with zero attached hydrogens (tertiary/aromatic N) is 3. The fourth-order valence-electron chi connectivity index (χ4n) is 1.70. The van der Waals surface area contributed by atoms with Crippen molar-refractivity contribution in [3.63, 3.8) is 0 Å². The summed E-state index contributed by atoms with van der Waals surface area (Å²) in [7, 11) is 0. The molecule has 1 aromatic carbocycles. The van der Waals surface area contributed by atoms with Gasteiger partial charge in [0.1, 0.15) is 5.75 Å². The fraction of sp³-hybridized carbons (Fsp3) is 0.143. The highest BCUT2D eigenvalue weighted by atomic mass is 32.1. The van der Waals surface area contributed by atoms with Crippen LogP contribution in [-0.4, -0.2) is 28.0 Å². The maximum absolute atomic E-state index is 9.22. The maximum Gasteiger partial charge on any atom is 0.206 e. The Labute approximate surface area is 137 Å². The van der Waals surface area contributed by atoms with Crippen LogP contribution in [-0.2, 0) is 0 Å². The smallest absolute Gasteiger partial charge is 0.206 e. The summed E-state index contributed by atoms with van der Waals surface area (Å²) in [5.41, 5.74) is 12.8. The maximum atomic E-state index is 9.22. The molecular formula is C14H17N7OS. The second-order valence-corrected chi connectivity index (χ2v) is 5.62. The first-order chi connectivity index (χ1) is 11.0. The van der Waals surface area contributed by atoms with Crippen molar-refractivity contribution >= 4 is 34.4 Å². The Kier molecular flexibility index (Phi) is 5.26. The van der Waals surface area contributed by atoms with Gasteiger partial charge in [-0.2, -0.15) is 10.2 Å². The minimum atomic E-state index is -0.219.